The van der Waals surface area contributed by atoms with E-state index in [1.807, 2.05) is 31.7 Å². The van der Waals surface area contributed by atoms with Gasteiger partial charge in [-0.15, -0.1) is 0 Å². The number of aryl methyl sites for hydroxylation is 1. The summed E-state index contributed by atoms with van der Waals surface area (Å²) in [4.78, 5) is 31.1. The Hall–Kier alpha value is -3.54. The molecule has 2 atom stereocenters. The van der Waals surface area contributed by atoms with Gasteiger partial charge in [-0.25, -0.2) is 13.4 Å². The minimum absolute atomic E-state index is 0.0529. The molecule has 0 radical (unpaired) electrons. The first kappa shape index (κ1) is 23.2. The lowest BCUT2D eigenvalue weighted by atomic mass is 9.97. The van der Waals surface area contributed by atoms with Crippen LogP contribution in [0.15, 0.2) is 46.5 Å². The van der Waals surface area contributed by atoms with Crippen molar-refractivity contribution in [3.05, 3.63) is 47.9 Å². The Morgan fingerprint density at radius 1 is 1.20 bits per heavy atom. The van der Waals surface area contributed by atoms with Crippen LogP contribution < -0.4 is 9.62 Å². The van der Waals surface area contributed by atoms with E-state index in [2.05, 4.69) is 29.7 Å². The van der Waals surface area contributed by atoms with Crippen LogP contribution in [0.5, 0.6) is 0 Å². The second-order valence-corrected chi connectivity index (χ2v) is 10.6. The normalized spacial score (nSPS) is 20.0. The number of amides is 1. The number of aliphatic imine (C=N–C) groups is 1. The number of piperazine rings is 1. The first-order valence-corrected chi connectivity index (χ1v) is 13.2. The van der Waals surface area contributed by atoms with E-state index in [9.17, 15) is 13.2 Å². The van der Waals surface area contributed by atoms with Gasteiger partial charge in [0.2, 0.25) is 5.91 Å². The van der Waals surface area contributed by atoms with Gasteiger partial charge in [-0.3, -0.25) is 14.5 Å². The number of sulfonamides is 1. The van der Waals surface area contributed by atoms with Crippen molar-refractivity contribution in [2.75, 3.05) is 31.1 Å². The highest BCUT2D eigenvalue weighted by atomic mass is 32.2. The lowest BCUT2D eigenvalue weighted by molar-refractivity contribution is -0.133. The van der Waals surface area contributed by atoms with Crippen LogP contribution in [0, 0.1) is 12.8 Å². The zero-order chi connectivity index (χ0) is 24.7. The Labute approximate surface area is 203 Å². The summed E-state index contributed by atoms with van der Waals surface area (Å²) in [6.07, 6.45) is 2.22. The maximum atomic E-state index is 13.6. The maximum absolute atomic E-state index is 13.6. The van der Waals surface area contributed by atoms with E-state index in [1.165, 1.54) is 6.33 Å². The molecule has 0 spiro atoms. The van der Waals surface area contributed by atoms with Crippen LogP contribution in [0.3, 0.4) is 0 Å². The van der Waals surface area contributed by atoms with Crippen molar-refractivity contribution in [1.29, 1.82) is 0 Å². The van der Waals surface area contributed by atoms with Gasteiger partial charge in [0.15, 0.2) is 0 Å². The third kappa shape index (κ3) is 4.22. The monoisotopic (exact) mass is 496 g/mol. The zero-order valence-electron chi connectivity index (χ0n) is 19.9. The highest BCUT2D eigenvalue weighted by Crippen LogP contribution is 2.25. The minimum Gasteiger partial charge on any atom is -0.353 e. The summed E-state index contributed by atoms with van der Waals surface area (Å²) in [5, 5.41) is 4.29. The Morgan fingerprint density at radius 3 is 2.69 bits per heavy atom. The van der Waals surface area contributed by atoms with Gasteiger partial charge < -0.3 is 9.80 Å². The number of hydrogen-bond donors (Lipinski definition) is 1. The van der Waals surface area contributed by atoms with Crippen LogP contribution >= 0.6 is 0 Å². The number of rotatable bonds is 5. The molecule has 0 aliphatic carbocycles. The van der Waals surface area contributed by atoms with E-state index in [-0.39, 0.29) is 22.6 Å². The number of nitrogens with zero attached hydrogens (tertiary/aromatic N) is 7. The fraction of sp³-hybridized carbons (Fsp3) is 0.435. The molecule has 1 aromatic carbocycles. The second-order valence-electron chi connectivity index (χ2n) is 8.95. The first-order chi connectivity index (χ1) is 16.8. The first-order valence-electron chi connectivity index (χ1n) is 11.7. The van der Waals surface area contributed by atoms with Gasteiger partial charge in [0, 0.05) is 43.5 Å². The molecular weight excluding hydrogens is 468 g/mol. The number of hydrogen-bond acceptors (Lipinski definition) is 8. The van der Waals surface area contributed by atoms with Crippen molar-refractivity contribution in [2.45, 2.75) is 38.1 Å². The summed E-state index contributed by atoms with van der Waals surface area (Å²) < 4.78 is 29.3. The van der Waals surface area contributed by atoms with Gasteiger partial charge >= 0.3 is 0 Å². The molecule has 2 aromatic heterocycles. The summed E-state index contributed by atoms with van der Waals surface area (Å²) in [7, 11) is -3.67. The summed E-state index contributed by atoms with van der Waals surface area (Å²) >= 11 is 0. The van der Waals surface area contributed by atoms with Crippen LogP contribution in [-0.4, -0.2) is 76.9 Å². The van der Waals surface area contributed by atoms with Crippen molar-refractivity contribution in [2.24, 2.45) is 10.9 Å². The third-order valence-corrected chi connectivity index (χ3v) is 8.04. The summed E-state index contributed by atoms with van der Waals surface area (Å²) in [5.41, 5.74) is 1.36. The molecule has 4 heterocycles. The summed E-state index contributed by atoms with van der Waals surface area (Å²) in [6, 6.07) is 7.99. The van der Waals surface area contributed by atoms with Gasteiger partial charge in [0.1, 0.15) is 24.0 Å². The zero-order valence-corrected chi connectivity index (χ0v) is 20.7. The van der Waals surface area contributed by atoms with Gasteiger partial charge in [0.25, 0.3) is 15.8 Å². The Morgan fingerprint density at radius 2 is 1.94 bits per heavy atom. The van der Waals surface area contributed by atoms with Gasteiger partial charge in [-0.2, -0.15) is 14.6 Å². The van der Waals surface area contributed by atoms with Crippen LogP contribution in [0.25, 0.3) is 5.78 Å². The minimum atomic E-state index is -3.67. The molecule has 0 saturated carbocycles. The quantitative estimate of drug-likeness (QED) is 0.563. The van der Waals surface area contributed by atoms with Crippen LogP contribution in [0.4, 0.5) is 5.82 Å². The van der Waals surface area contributed by atoms with Crippen molar-refractivity contribution in [3.63, 3.8) is 0 Å². The van der Waals surface area contributed by atoms with Crippen LogP contribution in [0.1, 0.15) is 31.5 Å². The number of carbonyl (C=O) groups excluding carboxylic acids is 1. The number of benzene rings is 1. The number of nitrogens with one attached hydrogen (secondary N) is 1. The molecule has 0 unspecified atom stereocenters. The van der Waals surface area contributed by atoms with E-state index < -0.39 is 16.1 Å². The Kier molecular flexibility index (Phi) is 5.91. The molecule has 2 aliphatic heterocycles. The molecule has 1 saturated heterocycles. The third-order valence-electron chi connectivity index (χ3n) is 6.64. The van der Waals surface area contributed by atoms with Crippen molar-refractivity contribution >= 4 is 33.4 Å². The van der Waals surface area contributed by atoms with E-state index >= 15 is 0 Å². The average Bonchev–Trinajstić information content (AvgIpc) is 3.43. The fourth-order valence-electron chi connectivity index (χ4n) is 4.50. The molecule has 2 aliphatic rings. The van der Waals surface area contributed by atoms with E-state index in [0.717, 1.165) is 17.9 Å². The molecule has 5 rings (SSSR count). The smallest absolute Gasteiger partial charge is 0.263 e. The standard InChI is InChI=1S/C23H28N8O3S/c1-4-15(2)20(27-21-17-7-5-6-8-18(17)35(33,34)28-21)22(32)30-11-9-29(10-12-30)19-13-16(3)26-23-24-14-25-31(19)23/h5-8,13-15,20H,4,9-12H2,1-3H3,(H,27,28)/t15-,20-/m0/s1. The van der Waals surface area contributed by atoms with Crippen molar-refractivity contribution < 1.29 is 13.2 Å². The molecule has 0 bridgehead atoms. The lowest BCUT2D eigenvalue weighted by Crippen LogP contribution is -2.52. The molecule has 3 aromatic rings. The topological polar surface area (TPSA) is 125 Å². The Bertz CT molecular complexity index is 1410. The Balaban J connectivity index is 1.37. The van der Waals surface area contributed by atoms with E-state index in [1.54, 1.807) is 28.8 Å². The largest absolute Gasteiger partial charge is 0.353 e. The number of carbonyl (C=O) groups is 1. The molecule has 1 fully saturated rings. The number of amidine groups is 1. The van der Waals surface area contributed by atoms with Crippen LogP contribution in [0.2, 0.25) is 0 Å². The highest BCUT2D eigenvalue weighted by Gasteiger charge is 2.35. The number of anilines is 1. The number of fused-ring (bicyclic) bond motifs is 2. The predicted molar refractivity (Wildman–Crippen MR) is 131 cm³/mol. The molecule has 184 valence electrons. The predicted octanol–water partition coefficient (Wildman–Crippen LogP) is 1.23. The average molecular weight is 497 g/mol. The van der Waals surface area contributed by atoms with Crippen molar-refractivity contribution in [1.82, 2.24) is 29.2 Å². The number of aromatic nitrogens is 4. The molecule has 35 heavy (non-hydrogen) atoms. The maximum Gasteiger partial charge on any atom is 0.263 e. The van der Waals surface area contributed by atoms with E-state index in [0.29, 0.717) is 37.5 Å². The summed E-state index contributed by atoms with van der Waals surface area (Å²) in [6.45, 7) is 8.20. The molecule has 11 nitrogen and oxygen atoms in total. The molecule has 12 heteroatoms. The molecular formula is C23H28N8O3S. The highest BCUT2D eigenvalue weighted by molar-refractivity contribution is 7.90. The molecule has 1 N–H and O–H groups in total. The fourth-order valence-corrected chi connectivity index (χ4v) is 5.74. The van der Waals surface area contributed by atoms with E-state index in [4.69, 9.17) is 0 Å². The SMILES string of the molecule is CC[C@H](C)[C@H](N=C1NS(=O)(=O)c2ccccc21)C(=O)N1CCN(c2cc(C)nc3ncnn23)CC1. The van der Waals surface area contributed by atoms with Gasteiger partial charge in [-0.05, 0) is 25.0 Å². The van der Waals surface area contributed by atoms with Crippen LogP contribution in [-0.2, 0) is 14.8 Å². The second kappa shape index (κ2) is 8.91. The summed E-state index contributed by atoms with van der Waals surface area (Å²) in [5.74, 6) is 1.53. The lowest BCUT2D eigenvalue weighted by Gasteiger charge is -2.37. The molecule has 1 amide bonds. The van der Waals surface area contributed by atoms with Crippen molar-refractivity contribution in [3.8, 4) is 0 Å². The van der Waals surface area contributed by atoms with Gasteiger partial charge in [0.05, 0.1) is 4.90 Å². The van der Waals surface area contributed by atoms with Gasteiger partial charge in [-0.1, -0.05) is 32.4 Å².